The molecular formula is C20H26Cl2N4O2S. The molecule has 1 aromatic heterocycles. The summed E-state index contributed by atoms with van der Waals surface area (Å²) < 4.78 is 5.09. The van der Waals surface area contributed by atoms with Gasteiger partial charge in [0, 0.05) is 23.5 Å². The molecule has 158 valence electrons. The van der Waals surface area contributed by atoms with Gasteiger partial charge in [0.05, 0.1) is 30.4 Å². The van der Waals surface area contributed by atoms with Crippen LogP contribution in [0.5, 0.6) is 0 Å². The van der Waals surface area contributed by atoms with Crippen LogP contribution in [0.15, 0.2) is 29.6 Å². The lowest BCUT2D eigenvalue weighted by molar-refractivity contribution is -0.142. The molecule has 1 N–H and O–H groups in total. The molecule has 2 aromatic rings. The number of hydrogen-bond donors (Lipinski definition) is 1. The third-order valence-corrected chi connectivity index (χ3v) is 5.54. The molecule has 0 aliphatic carbocycles. The van der Waals surface area contributed by atoms with Crippen LogP contribution >= 0.6 is 36.2 Å². The minimum absolute atomic E-state index is 0. The highest BCUT2D eigenvalue weighted by atomic mass is 35.5. The average Bonchev–Trinajstić information content (AvgIpc) is 3.19. The number of benzene rings is 1. The fraction of sp³-hybridized carbons (Fsp3) is 0.450. The van der Waals surface area contributed by atoms with Gasteiger partial charge in [-0.3, -0.25) is 4.79 Å². The summed E-state index contributed by atoms with van der Waals surface area (Å²) in [5.74, 6) is -0.166. The normalized spacial score (nSPS) is 13.5. The zero-order chi connectivity index (χ0) is 19.1. The summed E-state index contributed by atoms with van der Waals surface area (Å²) in [4.78, 5) is 18.9. The number of hydrogen-bond acceptors (Lipinski definition) is 7. The van der Waals surface area contributed by atoms with Crippen molar-refractivity contribution < 1.29 is 9.53 Å². The number of carbonyl (C=O) groups excluding carboxylic acids is 1. The second-order valence-corrected chi connectivity index (χ2v) is 7.27. The molecule has 1 aromatic carbocycles. The van der Waals surface area contributed by atoms with Crippen LogP contribution in [0.1, 0.15) is 31.7 Å². The number of nitriles is 1. The fourth-order valence-electron chi connectivity index (χ4n) is 3.24. The van der Waals surface area contributed by atoms with Gasteiger partial charge in [0.25, 0.3) is 0 Å². The average molecular weight is 457 g/mol. The van der Waals surface area contributed by atoms with Gasteiger partial charge in [-0.25, -0.2) is 4.98 Å². The summed E-state index contributed by atoms with van der Waals surface area (Å²) >= 11 is 1.60. The number of nitrogens with one attached hydrogen (secondary N) is 1. The van der Waals surface area contributed by atoms with Crippen LogP contribution in [0, 0.1) is 11.3 Å². The maximum Gasteiger partial charge on any atom is 0.307 e. The smallest absolute Gasteiger partial charge is 0.307 e. The molecule has 29 heavy (non-hydrogen) atoms. The summed E-state index contributed by atoms with van der Waals surface area (Å²) in [6, 6.07) is 9.96. The van der Waals surface area contributed by atoms with Gasteiger partial charge < -0.3 is 15.0 Å². The molecular weight excluding hydrogens is 431 g/mol. The van der Waals surface area contributed by atoms with E-state index in [-0.39, 0.29) is 30.8 Å². The van der Waals surface area contributed by atoms with Crippen molar-refractivity contribution in [1.82, 2.24) is 10.3 Å². The van der Waals surface area contributed by atoms with E-state index < -0.39 is 0 Å². The maximum atomic E-state index is 11.8. The minimum Gasteiger partial charge on any atom is -0.466 e. The molecule has 6 nitrogen and oxygen atoms in total. The minimum atomic E-state index is -0.166. The van der Waals surface area contributed by atoms with E-state index in [1.54, 1.807) is 23.5 Å². The summed E-state index contributed by atoms with van der Waals surface area (Å²) in [7, 11) is 0. The Balaban J connectivity index is 0.00000210. The highest BCUT2D eigenvalue weighted by Gasteiger charge is 2.24. The monoisotopic (exact) mass is 456 g/mol. The fourth-order valence-corrected chi connectivity index (χ4v) is 4.17. The molecule has 0 spiro atoms. The summed E-state index contributed by atoms with van der Waals surface area (Å²) in [6.45, 7) is 4.81. The number of carbonyl (C=O) groups is 1. The molecule has 1 fully saturated rings. The Kier molecular flexibility index (Phi) is 11.0. The predicted molar refractivity (Wildman–Crippen MR) is 121 cm³/mol. The van der Waals surface area contributed by atoms with Crippen LogP contribution in [-0.2, 0) is 9.53 Å². The standard InChI is InChI=1S/C20H24N4O2S.2ClH/c1-2-26-19(25)9-12-24(17-7-10-22-11-8-17)20-23-18(14-27-20)16-5-3-15(13-21)4-6-16;;/h3-6,14,17,22H,2,7-12H2,1H3;2*1H. The molecule has 3 rings (SSSR count). The number of aromatic nitrogens is 1. The largest absolute Gasteiger partial charge is 0.466 e. The van der Waals surface area contributed by atoms with Crippen molar-refractivity contribution in [2.75, 3.05) is 31.1 Å². The van der Waals surface area contributed by atoms with Crippen molar-refractivity contribution in [3.05, 3.63) is 35.2 Å². The third-order valence-electron chi connectivity index (χ3n) is 4.66. The number of nitrogens with zero attached hydrogens (tertiary/aromatic N) is 3. The zero-order valence-electron chi connectivity index (χ0n) is 16.3. The molecule has 0 amide bonds. The van der Waals surface area contributed by atoms with Gasteiger partial charge >= 0.3 is 5.97 Å². The molecule has 0 bridgehead atoms. The van der Waals surface area contributed by atoms with Crippen molar-refractivity contribution in [3.63, 3.8) is 0 Å². The van der Waals surface area contributed by atoms with E-state index >= 15 is 0 Å². The van der Waals surface area contributed by atoms with Crippen LogP contribution < -0.4 is 10.2 Å². The number of ether oxygens (including phenoxy) is 1. The van der Waals surface area contributed by atoms with Gasteiger partial charge in [-0.15, -0.1) is 36.2 Å². The second kappa shape index (κ2) is 12.7. The van der Waals surface area contributed by atoms with Crippen LogP contribution in [0.25, 0.3) is 11.3 Å². The second-order valence-electron chi connectivity index (χ2n) is 6.43. The molecule has 1 aliphatic heterocycles. The molecule has 0 radical (unpaired) electrons. The quantitative estimate of drug-likeness (QED) is 0.633. The van der Waals surface area contributed by atoms with Crippen LogP contribution in [0.4, 0.5) is 5.13 Å². The first-order chi connectivity index (χ1) is 13.2. The Bertz CT molecular complexity index is 802. The first kappa shape index (κ1) is 25.2. The van der Waals surface area contributed by atoms with Crippen molar-refractivity contribution >= 4 is 47.3 Å². The van der Waals surface area contributed by atoms with Crippen molar-refractivity contribution in [2.45, 2.75) is 32.2 Å². The van der Waals surface area contributed by atoms with Gasteiger partial charge in [-0.1, -0.05) is 12.1 Å². The van der Waals surface area contributed by atoms with E-state index in [4.69, 9.17) is 15.0 Å². The predicted octanol–water partition coefficient (Wildman–Crippen LogP) is 4.04. The van der Waals surface area contributed by atoms with Crippen molar-refractivity contribution in [2.24, 2.45) is 0 Å². The lowest BCUT2D eigenvalue weighted by Crippen LogP contribution is -2.44. The SMILES string of the molecule is CCOC(=O)CCN(c1nc(-c2ccc(C#N)cc2)cs1)C1CCNCC1.Cl.Cl. The topological polar surface area (TPSA) is 78.2 Å². The number of piperidine rings is 1. The van der Waals surface area contributed by atoms with Gasteiger partial charge in [-0.05, 0) is 45.0 Å². The zero-order valence-corrected chi connectivity index (χ0v) is 18.7. The Morgan fingerprint density at radius 3 is 2.62 bits per heavy atom. The first-order valence-corrected chi connectivity index (χ1v) is 10.2. The van der Waals surface area contributed by atoms with Gasteiger partial charge in [0.1, 0.15) is 0 Å². The molecule has 0 saturated carbocycles. The van der Waals surface area contributed by atoms with Crippen molar-refractivity contribution in [3.8, 4) is 17.3 Å². The van der Waals surface area contributed by atoms with E-state index in [0.717, 1.165) is 42.3 Å². The van der Waals surface area contributed by atoms with E-state index in [9.17, 15) is 4.79 Å². The van der Waals surface area contributed by atoms with Crippen molar-refractivity contribution in [1.29, 1.82) is 5.26 Å². The maximum absolute atomic E-state index is 11.8. The number of esters is 1. The van der Waals surface area contributed by atoms with E-state index in [1.165, 1.54) is 0 Å². The molecule has 2 heterocycles. The molecule has 0 atom stereocenters. The molecule has 1 saturated heterocycles. The van der Waals surface area contributed by atoms with E-state index in [0.29, 0.717) is 31.2 Å². The molecule has 9 heteroatoms. The van der Waals surface area contributed by atoms with Gasteiger partial charge in [0.2, 0.25) is 0 Å². The number of halogens is 2. The summed E-state index contributed by atoms with van der Waals surface area (Å²) in [5.41, 5.74) is 2.53. The highest BCUT2D eigenvalue weighted by molar-refractivity contribution is 7.14. The van der Waals surface area contributed by atoms with E-state index in [1.807, 2.05) is 24.4 Å². The summed E-state index contributed by atoms with van der Waals surface area (Å²) in [6.07, 6.45) is 2.44. The molecule has 1 aliphatic rings. The van der Waals surface area contributed by atoms with E-state index in [2.05, 4.69) is 16.3 Å². The van der Waals surface area contributed by atoms with Crippen LogP contribution in [0.3, 0.4) is 0 Å². The Labute approximate surface area is 188 Å². The van der Waals surface area contributed by atoms with Crippen LogP contribution in [0.2, 0.25) is 0 Å². The lowest BCUT2D eigenvalue weighted by atomic mass is 10.1. The Morgan fingerprint density at radius 2 is 2.00 bits per heavy atom. The third kappa shape index (κ3) is 6.86. The lowest BCUT2D eigenvalue weighted by Gasteiger charge is -2.34. The Morgan fingerprint density at radius 1 is 1.31 bits per heavy atom. The first-order valence-electron chi connectivity index (χ1n) is 9.30. The number of anilines is 1. The van der Waals surface area contributed by atoms with Gasteiger partial charge in [-0.2, -0.15) is 5.26 Å². The highest BCUT2D eigenvalue weighted by Crippen LogP contribution is 2.30. The number of rotatable bonds is 7. The summed E-state index contributed by atoms with van der Waals surface area (Å²) in [5, 5.41) is 15.3. The van der Waals surface area contributed by atoms with Gasteiger partial charge in [0.15, 0.2) is 5.13 Å². The number of thiazole rings is 1. The van der Waals surface area contributed by atoms with Crippen LogP contribution in [-0.4, -0.2) is 43.2 Å². The molecule has 0 unspecified atom stereocenters. The Hall–Kier alpha value is -1.85.